The third-order valence-corrected chi connectivity index (χ3v) is 6.70. The van der Waals surface area contributed by atoms with Gasteiger partial charge in [-0.25, -0.2) is 13.4 Å². The maximum absolute atomic E-state index is 13.2. The Labute approximate surface area is 149 Å². The Hall–Kier alpha value is -1.92. The summed E-state index contributed by atoms with van der Waals surface area (Å²) >= 11 is 0. The molecule has 5 nitrogen and oxygen atoms in total. The second kappa shape index (κ2) is 7.14. The van der Waals surface area contributed by atoms with Crippen molar-refractivity contribution in [3.8, 4) is 5.88 Å². The van der Waals surface area contributed by atoms with Gasteiger partial charge in [0, 0.05) is 18.8 Å². The van der Waals surface area contributed by atoms with Crippen LogP contribution in [0.1, 0.15) is 42.0 Å². The molecule has 0 unspecified atom stereocenters. The van der Waals surface area contributed by atoms with Crippen LogP contribution in [0, 0.1) is 13.8 Å². The van der Waals surface area contributed by atoms with Crippen molar-refractivity contribution >= 4 is 10.0 Å². The van der Waals surface area contributed by atoms with Crippen molar-refractivity contribution in [2.45, 2.75) is 44.0 Å². The molecule has 1 aromatic heterocycles. The molecule has 1 saturated heterocycles. The Morgan fingerprint density at radius 3 is 2.52 bits per heavy atom. The molecule has 25 heavy (non-hydrogen) atoms. The van der Waals surface area contributed by atoms with Crippen LogP contribution in [0.5, 0.6) is 5.88 Å². The van der Waals surface area contributed by atoms with E-state index in [-0.39, 0.29) is 6.04 Å². The Bertz CT molecular complexity index is 847. The van der Waals surface area contributed by atoms with E-state index in [0.29, 0.717) is 17.3 Å². The topological polar surface area (TPSA) is 59.5 Å². The summed E-state index contributed by atoms with van der Waals surface area (Å²) < 4.78 is 33.2. The van der Waals surface area contributed by atoms with E-state index in [9.17, 15) is 8.42 Å². The summed E-state index contributed by atoms with van der Waals surface area (Å²) in [5, 5.41) is 0. The van der Waals surface area contributed by atoms with E-state index < -0.39 is 10.0 Å². The van der Waals surface area contributed by atoms with E-state index in [1.54, 1.807) is 29.7 Å². The third-order valence-electron chi connectivity index (χ3n) is 4.78. The molecule has 6 heteroatoms. The van der Waals surface area contributed by atoms with Crippen molar-refractivity contribution in [3.63, 3.8) is 0 Å². The number of benzene rings is 1. The lowest BCUT2D eigenvalue weighted by atomic mass is 9.96. The van der Waals surface area contributed by atoms with E-state index in [1.807, 2.05) is 32.0 Å². The zero-order valence-corrected chi connectivity index (χ0v) is 15.7. The molecule has 1 aliphatic heterocycles. The van der Waals surface area contributed by atoms with Crippen molar-refractivity contribution < 1.29 is 13.2 Å². The molecule has 2 heterocycles. The number of pyridine rings is 1. The predicted octanol–water partition coefficient (Wildman–Crippen LogP) is 3.62. The standard InChI is InChI=1S/C19H24N2O3S/c1-14-7-9-16(10-8-14)25(22,23)21-11-5-4-6-18(21)17-13-20-19(24-3)12-15(17)2/h7-10,12-13,18H,4-6,11H2,1-3H3/t18-/m0/s1. The molecule has 0 spiro atoms. The first-order chi connectivity index (χ1) is 11.9. The molecule has 134 valence electrons. The Balaban J connectivity index is 2.00. The molecular weight excluding hydrogens is 336 g/mol. The molecule has 2 aromatic rings. The summed E-state index contributed by atoms with van der Waals surface area (Å²) in [5.41, 5.74) is 3.00. The van der Waals surface area contributed by atoms with E-state index >= 15 is 0 Å². The number of rotatable bonds is 4. The Morgan fingerprint density at radius 1 is 1.16 bits per heavy atom. The van der Waals surface area contributed by atoms with Crippen LogP contribution in [0.25, 0.3) is 0 Å². The summed E-state index contributed by atoms with van der Waals surface area (Å²) in [5.74, 6) is 0.546. The van der Waals surface area contributed by atoms with Gasteiger partial charge in [-0.05, 0) is 49.9 Å². The zero-order chi connectivity index (χ0) is 18.0. The molecule has 0 N–H and O–H groups in total. The van der Waals surface area contributed by atoms with Crippen molar-refractivity contribution in [1.29, 1.82) is 0 Å². The number of sulfonamides is 1. The van der Waals surface area contributed by atoms with Gasteiger partial charge >= 0.3 is 0 Å². The highest BCUT2D eigenvalue weighted by Gasteiger charge is 2.35. The van der Waals surface area contributed by atoms with Gasteiger partial charge in [0.25, 0.3) is 0 Å². The fourth-order valence-electron chi connectivity index (χ4n) is 3.35. The van der Waals surface area contributed by atoms with Gasteiger partial charge in [-0.3, -0.25) is 0 Å². The number of nitrogens with zero attached hydrogens (tertiary/aromatic N) is 2. The summed E-state index contributed by atoms with van der Waals surface area (Å²) in [6.07, 6.45) is 4.45. The molecular formula is C19H24N2O3S. The second-order valence-electron chi connectivity index (χ2n) is 6.52. The lowest BCUT2D eigenvalue weighted by Crippen LogP contribution is -2.38. The number of methoxy groups -OCH3 is 1. The summed E-state index contributed by atoms with van der Waals surface area (Å²) in [4.78, 5) is 4.64. The minimum absolute atomic E-state index is 0.182. The highest BCUT2D eigenvalue weighted by atomic mass is 32.2. The van der Waals surface area contributed by atoms with Crippen molar-refractivity contribution in [3.05, 3.63) is 53.2 Å². The number of hydrogen-bond donors (Lipinski definition) is 0. The maximum Gasteiger partial charge on any atom is 0.243 e. The molecule has 1 atom stereocenters. The highest BCUT2D eigenvalue weighted by Crippen LogP contribution is 2.37. The number of piperidine rings is 1. The molecule has 1 aliphatic rings. The fourth-order valence-corrected chi connectivity index (χ4v) is 5.02. The van der Waals surface area contributed by atoms with Crippen molar-refractivity contribution in [2.75, 3.05) is 13.7 Å². The first kappa shape index (κ1) is 17.9. The zero-order valence-electron chi connectivity index (χ0n) is 14.9. The lowest BCUT2D eigenvalue weighted by Gasteiger charge is -2.35. The molecule has 1 fully saturated rings. The van der Waals surface area contributed by atoms with Gasteiger partial charge in [0.2, 0.25) is 15.9 Å². The molecule has 0 amide bonds. The Morgan fingerprint density at radius 2 is 1.88 bits per heavy atom. The van der Waals surface area contributed by atoms with E-state index in [0.717, 1.165) is 36.0 Å². The molecule has 3 rings (SSSR count). The second-order valence-corrected chi connectivity index (χ2v) is 8.41. The van der Waals surface area contributed by atoms with Crippen LogP contribution in [-0.4, -0.2) is 31.4 Å². The normalized spacial score (nSPS) is 18.9. The number of aryl methyl sites for hydroxylation is 2. The maximum atomic E-state index is 13.2. The quantitative estimate of drug-likeness (QED) is 0.835. The fraction of sp³-hybridized carbons (Fsp3) is 0.421. The van der Waals surface area contributed by atoms with Gasteiger partial charge in [-0.2, -0.15) is 4.31 Å². The number of hydrogen-bond acceptors (Lipinski definition) is 4. The predicted molar refractivity (Wildman–Crippen MR) is 97.2 cm³/mol. The smallest absolute Gasteiger partial charge is 0.243 e. The third kappa shape index (κ3) is 3.55. The first-order valence-corrected chi connectivity index (χ1v) is 9.96. The van der Waals surface area contributed by atoms with Gasteiger partial charge in [0.1, 0.15) is 0 Å². The Kier molecular flexibility index (Phi) is 5.11. The lowest BCUT2D eigenvalue weighted by molar-refractivity contribution is 0.254. The first-order valence-electron chi connectivity index (χ1n) is 8.52. The van der Waals surface area contributed by atoms with Crippen LogP contribution in [-0.2, 0) is 10.0 Å². The van der Waals surface area contributed by atoms with Crippen LogP contribution in [0.2, 0.25) is 0 Å². The van der Waals surface area contributed by atoms with E-state index in [1.165, 1.54) is 0 Å². The van der Waals surface area contributed by atoms with Crippen LogP contribution in [0.15, 0.2) is 41.4 Å². The van der Waals surface area contributed by atoms with Gasteiger partial charge in [-0.1, -0.05) is 24.1 Å². The van der Waals surface area contributed by atoms with Crippen LogP contribution < -0.4 is 4.74 Å². The minimum Gasteiger partial charge on any atom is -0.481 e. The minimum atomic E-state index is -3.53. The molecule has 0 bridgehead atoms. The van der Waals surface area contributed by atoms with E-state index in [2.05, 4.69) is 4.98 Å². The van der Waals surface area contributed by atoms with Crippen LogP contribution in [0.4, 0.5) is 0 Å². The van der Waals surface area contributed by atoms with Gasteiger partial charge in [0.05, 0.1) is 18.0 Å². The SMILES string of the molecule is COc1cc(C)c([C@@H]2CCCCN2S(=O)(=O)c2ccc(C)cc2)cn1. The molecule has 0 saturated carbocycles. The highest BCUT2D eigenvalue weighted by molar-refractivity contribution is 7.89. The molecule has 0 aliphatic carbocycles. The van der Waals surface area contributed by atoms with Gasteiger partial charge < -0.3 is 4.74 Å². The van der Waals surface area contributed by atoms with Crippen LogP contribution >= 0.6 is 0 Å². The summed E-state index contributed by atoms with van der Waals surface area (Å²) in [6, 6.07) is 8.74. The summed E-state index contributed by atoms with van der Waals surface area (Å²) in [6.45, 7) is 4.46. The average Bonchev–Trinajstić information content (AvgIpc) is 2.62. The number of ether oxygens (including phenoxy) is 1. The summed E-state index contributed by atoms with van der Waals surface area (Å²) in [7, 11) is -1.95. The number of aromatic nitrogens is 1. The van der Waals surface area contributed by atoms with Gasteiger partial charge in [-0.15, -0.1) is 0 Å². The molecule has 1 aromatic carbocycles. The van der Waals surface area contributed by atoms with E-state index in [4.69, 9.17) is 4.74 Å². The largest absolute Gasteiger partial charge is 0.481 e. The average molecular weight is 360 g/mol. The van der Waals surface area contributed by atoms with Crippen molar-refractivity contribution in [1.82, 2.24) is 9.29 Å². The monoisotopic (exact) mass is 360 g/mol. The molecule has 0 radical (unpaired) electrons. The van der Waals surface area contributed by atoms with Crippen LogP contribution in [0.3, 0.4) is 0 Å². The van der Waals surface area contributed by atoms with Crippen molar-refractivity contribution in [2.24, 2.45) is 0 Å². The van der Waals surface area contributed by atoms with Gasteiger partial charge in [0.15, 0.2) is 0 Å².